The number of nitrogens with zero attached hydrogens (tertiary/aromatic N) is 1. The van der Waals surface area contributed by atoms with E-state index in [1.807, 2.05) is 52.0 Å². The highest BCUT2D eigenvalue weighted by atomic mass is 16.3. The number of benzene rings is 1. The van der Waals surface area contributed by atoms with E-state index in [4.69, 9.17) is 0 Å². The van der Waals surface area contributed by atoms with Gasteiger partial charge in [0.1, 0.15) is 5.75 Å². The normalized spacial score (nSPS) is 11.2. The van der Waals surface area contributed by atoms with Crippen molar-refractivity contribution in [3.63, 3.8) is 0 Å². The van der Waals surface area contributed by atoms with Crippen LogP contribution in [0.25, 0.3) is 12.2 Å². The van der Waals surface area contributed by atoms with Gasteiger partial charge in [0.2, 0.25) is 0 Å². The molecule has 2 aromatic rings. The molecule has 0 radical (unpaired) electrons. The molecule has 1 aromatic heterocycles. The molecule has 2 rings (SSSR count). The molecule has 0 saturated heterocycles. The Kier molecular flexibility index (Phi) is 3.70. The molecule has 0 aliphatic rings. The largest absolute Gasteiger partial charge is 0.507 e. The van der Waals surface area contributed by atoms with Crippen molar-refractivity contribution in [1.82, 2.24) is 4.98 Å². The average Bonchev–Trinajstić information content (AvgIpc) is 2.44. The first-order valence-electron chi connectivity index (χ1n) is 6.40. The fourth-order valence-electron chi connectivity index (χ4n) is 2.21. The van der Waals surface area contributed by atoms with Crippen LogP contribution in [0, 0.1) is 27.7 Å². The van der Waals surface area contributed by atoms with Crippen molar-refractivity contribution in [2.45, 2.75) is 27.7 Å². The van der Waals surface area contributed by atoms with Gasteiger partial charge in [-0.3, -0.25) is 4.98 Å². The maximum Gasteiger partial charge on any atom is 0.121 e. The van der Waals surface area contributed by atoms with E-state index in [2.05, 4.69) is 11.1 Å². The van der Waals surface area contributed by atoms with Crippen molar-refractivity contribution in [2.75, 3.05) is 0 Å². The second-order valence-corrected chi connectivity index (χ2v) is 4.85. The zero-order valence-electron chi connectivity index (χ0n) is 11.9. The fourth-order valence-corrected chi connectivity index (χ4v) is 2.21. The number of rotatable bonds is 2. The van der Waals surface area contributed by atoms with Crippen LogP contribution < -0.4 is 0 Å². The molecule has 2 heteroatoms. The van der Waals surface area contributed by atoms with Crippen molar-refractivity contribution < 1.29 is 5.11 Å². The summed E-state index contributed by atoms with van der Waals surface area (Å²) in [6.45, 7) is 7.99. The van der Waals surface area contributed by atoms with E-state index in [9.17, 15) is 5.11 Å². The van der Waals surface area contributed by atoms with Crippen LogP contribution in [0.2, 0.25) is 0 Å². The van der Waals surface area contributed by atoms with E-state index in [0.717, 1.165) is 27.9 Å². The molecule has 0 aliphatic carbocycles. The molecule has 0 spiro atoms. The van der Waals surface area contributed by atoms with Gasteiger partial charge in [-0.1, -0.05) is 12.1 Å². The zero-order valence-corrected chi connectivity index (χ0v) is 11.9. The van der Waals surface area contributed by atoms with E-state index < -0.39 is 0 Å². The minimum Gasteiger partial charge on any atom is -0.507 e. The van der Waals surface area contributed by atoms with Gasteiger partial charge >= 0.3 is 0 Å². The molecule has 19 heavy (non-hydrogen) atoms. The van der Waals surface area contributed by atoms with E-state index in [1.165, 1.54) is 5.56 Å². The van der Waals surface area contributed by atoms with E-state index in [1.54, 1.807) is 6.20 Å². The van der Waals surface area contributed by atoms with Crippen LogP contribution in [-0.4, -0.2) is 10.1 Å². The van der Waals surface area contributed by atoms with Gasteiger partial charge in [0.15, 0.2) is 0 Å². The Labute approximate surface area is 114 Å². The van der Waals surface area contributed by atoms with Gasteiger partial charge < -0.3 is 5.11 Å². The molecule has 1 aromatic carbocycles. The predicted octanol–water partition coefficient (Wildman–Crippen LogP) is 4.19. The van der Waals surface area contributed by atoms with Crippen LogP contribution in [0.1, 0.15) is 33.5 Å². The smallest absolute Gasteiger partial charge is 0.121 e. The Balaban J connectivity index is 2.50. The number of hydrogen-bond donors (Lipinski definition) is 1. The SMILES string of the molecule is Cc1c(C)c(C=Cc2ccccn2)c(C)c(C)c1O. The third-order valence-corrected chi connectivity index (χ3v) is 3.75. The third-order valence-electron chi connectivity index (χ3n) is 3.75. The molecule has 0 aliphatic heterocycles. The standard InChI is InChI=1S/C17H19NO/c1-11-13(3)17(19)14(4)12(2)16(11)9-8-15-7-5-6-10-18-15/h5-10,19H,1-4H3. The first kappa shape index (κ1) is 13.3. The van der Waals surface area contributed by atoms with Crippen LogP contribution in [0.4, 0.5) is 0 Å². The number of pyridine rings is 1. The number of phenols is 1. The molecular formula is C17H19NO. The number of hydrogen-bond acceptors (Lipinski definition) is 2. The lowest BCUT2D eigenvalue weighted by Crippen LogP contribution is -1.95. The Bertz CT molecular complexity index is 598. The van der Waals surface area contributed by atoms with Crippen LogP contribution in [0.5, 0.6) is 5.75 Å². The van der Waals surface area contributed by atoms with Crippen molar-refractivity contribution in [2.24, 2.45) is 0 Å². The number of phenolic OH excluding ortho intramolecular Hbond substituents is 1. The van der Waals surface area contributed by atoms with E-state index in [-0.39, 0.29) is 0 Å². The van der Waals surface area contributed by atoms with Gasteiger partial charge in [0.25, 0.3) is 0 Å². The summed E-state index contributed by atoms with van der Waals surface area (Å²) < 4.78 is 0. The maximum atomic E-state index is 10.0. The molecule has 0 amide bonds. The molecular weight excluding hydrogens is 234 g/mol. The Morgan fingerprint density at radius 3 is 2.05 bits per heavy atom. The molecule has 98 valence electrons. The average molecular weight is 253 g/mol. The lowest BCUT2D eigenvalue weighted by atomic mass is 9.92. The number of aromatic hydroxyl groups is 1. The molecule has 1 N–H and O–H groups in total. The quantitative estimate of drug-likeness (QED) is 0.870. The first-order chi connectivity index (χ1) is 9.02. The Morgan fingerprint density at radius 1 is 0.895 bits per heavy atom. The summed E-state index contributed by atoms with van der Waals surface area (Å²) in [6.07, 6.45) is 5.87. The lowest BCUT2D eigenvalue weighted by Gasteiger charge is -2.14. The topological polar surface area (TPSA) is 33.1 Å². The third kappa shape index (κ3) is 2.53. The summed E-state index contributed by atoms with van der Waals surface area (Å²) in [5.74, 6) is 0.407. The fraction of sp³-hybridized carbons (Fsp3) is 0.235. The van der Waals surface area contributed by atoms with Gasteiger partial charge in [0, 0.05) is 6.20 Å². The summed E-state index contributed by atoms with van der Waals surface area (Å²) >= 11 is 0. The molecule has 0 unspecified atom stereocenters. The lowest BCUT2D eigenvalue weighted by molar-refractivity contribution is 0.465. The van der Waals surface area contributed by atoms with Gasteiger partial charge in [-0.15, -0.1) is 0 Å². The van der Waals surface area contributed by atoms with Crippen LogP contribution in [0.15, 0.2) is 24.4 Å². The minimum absolute atomic E-state index is 0.407. The summed E-state index contributed by atoms with van der Waals surface area (Å²) in [4.78, 5) is 4.28. The predicted molar refractivity (Wildman–Crippen MR) is 80.2 cm³/mol. The molecule has 0 fully saturated rings. The van der Waals surface area contributed by atoms with Crippen LogP contribution in [-0.2, 0) is 0 Å². The Morgan fingerprint density at radius 2 is 1.53 bits per heavy atom. The van der Waals surface area contributed by atoms with Gasteiger partial charge in [-0.2, -0.15) is 0 Å². The summed E-state index contributed by atoms with van der Waals surface area (Å²) in [6, 6.07) is 5.85. The highest BCUT2D eigenvalue weighted by molar-refractivity contribution is 5.74. The summed E-state index contributed by atoms with van der Waals surface area (Å²) in [5, 5.41) is 10.0. The highest BCUT2D eigenvalue weighted by Gasteiger charge is 2.11. The number of aromatic nitrogens is 1. The van der Waals surface area contributed by atoms with Gasteiger partial charge in [-0.05, 0) is 73.7 Å². The molecule has 2 nitrogen and oxygen atoms in total. The minimum atomic E-state index is 0.407. The Hall–Kier alpha value is -2.09. The van der Waals surface area contributed by atoms with Crippen LogP contribution >= 0.6 is 0 Å². The second-order valence-electron chi connectivity index (χ2n) is 4.85. The van der Waals surface area contributed by atoms with Gasteiger partial charge in [0.05, 0.1) is 5.69 Å². The van der Waals surface area contributed by atoms with Crippen molar-refractivity contribution >= 4 is 12.2 Å². The highest BCUT2D eigenvalue weighted by Crippen LogP contribution is 2.32. The summed E-state index contributed by atoms with van der Waals surface area (Å²) in [7, 11) is 0. The van der Waals surface area contributed by atoms with E-state index in [0.29, 0.717) is 5.75 Å². The molecule has 0 saturated carbocycles. The van der Waals surface area contributed by atoms with Crippen molar-refractivity contribution in [1.29, 1.82) is 0 Å². The second kappa shape index (κ2) is 5.27. The monoisotopic (exact) mass is 253 g/mol. The maximum absolute atomic E-state index is 10.0. The summed E-state index contributed by atoms with van der Waals surface area (Å²) in [5.41, 5.74) is 6.23. The molecule has 1 heterocycles. The van der Waals surface area contributed by atoms with Crippen molar-refractivity contribution in [3.8, 4) is 5.75 Å². The van der Waals surface area contributed by atoms with E-state index >= 15 is 0 Å². The van der Waals surface area contributed by atoms with Gasteiger partial charge in [-0.25, -0.2) is 0 Å². The first-order valence-corrected chi connectivity index (χ1v) is 6.40. The molecule has 0 atom stereocenters. The molecule has 0 bridgehead atoms. The van der Waals surface area contributed by atoms with Crippen LogP contribution in [0.3, 0.4) is 0 Å². The zero-order chi connectivity index (χ0) is 14.0. The van der Waals surface area contributed by atoms with Crippen molar-refractivity contribution in [3.05, 3.63) is 57.9 Å².